The summed E-state index contributed by atoms with van der Waals surface area (Å²) in [6, 6.07) is 0. The molecule has 0 saturated carbocycles. The lowest BCUT2D eigenvalue weighted by Crippen LogP contribution is -2.42. The number of carbonyl (C=O) groups is 5. The van der Waals surface area contributed by atoms with Crippen LogP contribution in [0.1, 0.15) is 137 Å². The molecule has 0 aromatic heterocycles. The van der Waals surface area contributed by atoms with Crippen LogP contribution in [0.4, 0.5) is 0 Å². The summed E-state index contributed by atoms with van der Waals surface area (Å²) >= 11 is 0. The third kappa shape index (κ3) is 28.5. The van der Waals surface area contributed by atoms with Crippen molar-refractivity contribution in [3.63, 3.8) is 0 Å². The van der Waals surface area contributed by atoms with Gasteiger partial charge in [0, 0.05) is 50.7 Å². The van der Waals surface area contributed by atoms with Gasteiger partial charge in [0.2, 0.25) is 11.8 Å². The van der Waals surface area contributed by atoms with Gasteiger partial charge in [0.1, 0.15) is 5.78 Å². The van der Waals surface area contributed by atoms with E-state index in [1.54, 1.807) is 27.7 Å². The first-order chi connectivity index (χ1) is 22.6. The molecule has 0 atom stereocenters. The predicted octanol–water partition coefficient (Wildman–Crippen LogP) is 6.26. The lowest BCUT2D eigenvalue weighted by atomic mass is 10.0. The minimum Gasteiger partial charge on any atom is -0.379 e. The van der Waals surface area contributed by atoms with E-state index in [4.69, 9.17) is 14.2 Å². The van der Waals surface area contributed by atoms with Gasteiger partial charge >= 0.3 is 0 Å². The van der Waals surface area contributed by atoms with Crippen LogP contribution in [0.2, 0.25) is 0 Å². The molecule has 0 saturated heterocycles. The zero-order valence-electron chi connectivity index (χ0n) is 30.5. The number of ether oxygens (including phenoxy) is 3. The molecule has 0 aliphatic heterocycles. The van der Waals surface area contributed by atoms with E-state index in [9.17, 15) is 24.0 Å². The van der Waals surface area contributed by atoms with Gasteiger partial charge in [0.05, 0.1) is 46.1 Å². The molecule has 2 amide bonds. The number of amides is 2. The fourth-order valence-corrected chi connectivity index (χ4v) is 4.72. The van der Waals surface area contributed by atoms with Crippen molar-refractivity contribution in [1.82, 2.24) is 10.2 Å². The molecule has 0 aliphatic carbocycles. The number of ketones is 3. The summed E-state index contributed by atoms with van der Waals surface area (Å²) in [5, 5.41) is 2.68. The van der Waals surface area contributed by atoms with Gasteiger partial charge in [-0.05, 0) is 12.8 Å². The molecular formula is C37H68N2O8. The molecule has 47 heavy (non-hydrogen) atoms. The van der Waals surface area contributed by atoms with Gasteiger partial charge in [0.15, 0.2) is 11.6 Å². The second-order valence-electron chi connectivity index (χ2n) is 13.1. The molecule has 274 valence electrons. The molecule has 10 nitrogen and oxygen atoms in total. The average molecular weight is 669 g/mol. The number of unbranched alkanes of at least 4 members (excludes halogenated alkanes) is 10. The van der Waals surface area contributed by atoms with Gasteiger partial charge in [-0.1, -0.05) is 98.8 Å². The first-order valence-corrected chi connectivity index (χ1v) is 18.4. The molecule has 0 aromatic carbocycles. The van der Waals surface area contributed by atoms with Gasteiger partial charge in [-0.3, -0.25) is 24.0 Å². The van der Waals surface area contributed by atoms with E-state index in [0.717, 1.165) is 19.3 Å². The minimum atomic E-state index is -0.339. The van der Waals surface area contributed by atoms with Crippen molar-refractivity contribution in [2.75, 3.05) is 59.3 Å². The number of hydrogen-bond donors (Lipinski definition) is 1. The normalized spacial score (nSPS) is 11.3. The number of carbonyl (C=O) groups excluding carboxylic acids is 5. The van der Waals surface area contributed by atoms with Gasteiger partial charge < -0.3 is 24.4 Å². The molecule has 0 bridgehead atoms. The van der Waals surface area contributed by atoms with E-state index in [-0.39, 0.29) is 74.3 Å². The van der Waals surface area contributed by atoms with E-state index in [1.165, 1.54) is 62.7 Å². The molecule has 0 unspecified atom stereocenters. The Kier molecular flexibility index (Phi) is 29.7. The Hall–Kier alpha value is -2.17. The maximum atomic E-state index is 12.6. The fraction of sp³-hybridized carbons (Fsp3) is 0.865. The number of nitrogens with zero attached hydrogens (tertiary/aromatic N) is 1. The molecule has 0 heterocycles. The summed E-state index contributed by atoms with van der Waals surface area (Å²) < 4.78 is 16.5. The van der Waals surface area contributed by atoms with Crippen LogP contribution in [0.25, 0.3) is 0 Å². The minimum absolute atomic E-state index is 0.00893. The summed E-state index contributed by atoms with van der Waals surface area (Å²) in [5.41, 5.74) is 0. The molecule has 0 fully saturated rings. The smallest absolute Gasteiger partial charge is 0.225 e. The highest BCUT2D eigenvalue weighted by molar-refractivity contribution is 5.91. The Morgan fingerprint density at radius 1 is 0.532 bits per heavy atom. The Labute approximate surface area is 285 Å². The van der Waals surface area contributed by atoms with Gasteiger partial charge in [-0.25, -0.2) is 0 Å². The Balaban J connectivity index is 3.67. The van der Waals surface area contributed by atoms with Crippen LogP contribution in [-0.4, -0.2) is 93.3 Å². The first-order valence-electron chi connectivity index (χ1n) is 18.4. The largest absolute Gasteiger partial charge is 0.379 e. The summed E-state index contributed by atoms with van der Waals surface area (Å²) in [5.74, 6) is -0.946. The van der Waals surface area contributed by atoms with Crippen molar-refractivity contribution in [3.05, 3.63) is 0 Å². The zero-order valence-corrected chi connectivity index (χ0v) is 30.5. The average Bonchev–Trinajstić information content (AvgIpc) is 3.03. The summed E-state index contributed by atoms with van der Waals surface area (Å²) in [6.07, 6.45) is 16.3. The van der Waals surface area contributed by atoms with Crippen molar-refractivity contribution in [2.24, 2.45) is 11.8 Å². The molecule has 0 spiro atoms. The van der Waals surface area contributed by atoms with Crippen molar-refractivity contribution >= 4 is 29.2 Å². The van der Waals surface area contributed by atoms with Crippen molar-refractivity contribution < 1.29 is 38.2 Å². The van der Waals surface area contributed by atoms with Crippen LogP contribution in [-0.2, 0) is 38.2 Å². The standard InChI is InChI=1S/C37H68N2O8/c1-6-7-8-9-10-11-12-13-14-15-16-18-33(40)19-17-23-45-25-27-47-28-26-46-24-21-36(43)38-22-20-37(44)39(29-34(41)31(2)3)30-35(42)32(4)5/h31-32H,6-30H2,1-5H3,(H,38,43). The van der Waals surface area contributed by atoms with E-state index in [2.05, 4.69) is 12.2 Å². The number of Topliss-reactive ketones (excluding diaryl/α,β-unsaturated/α-hetero) is 3. The highest BCUT2D eigenvalue weighted by atomic mass is 16.5. The quantitative estimate of drug-likeness (QED) is 0.0796. The molecule has 1 N–H and O–H groups in total. The predicted molar refractivity (Wildman–Crippen MR) is 186 cm³/mol. The number of hydrogen-bond acceptors (Lipinski definition) is 8. The fourth-order valence-electron chi connectivity index (χ4n) is 4.72. The summed E-state index contributed by atoms with van der Waals surface area (Å²) in [4.78, 5) is 62.4. The Morgan fingerprint density at radius 3 is 1.49 bits per heavy atom. The zero-order chi connectivity index (χ0) is 35.1. The maximum Gasteiger partial charge on any atom is 0.225 e. The Morgan fingerprint density at radius 2 is 0.979 bits per heavy atom. The van der Waals surface area contributed by atoms with Crippen LogP contribution in [0, 0.1) is 11.8 Å². The monoisotopic (exact) mass is 668 g/mol. The highest BCUT2D eigenvalue weighted by Gasteiger charge is 2.22. The molecular weight excluding hydrogens is 600 g/mol. The summed E-state index contributed by atoms with van der Waals surface area (Å²) in [6.45, 7) is 11.6. The van der Waals surface area contributed by atoms with Crippen LogP contribution in [0.3, 0.4) is 0 Å². The second kappa shape index (κ2) is 31.1. The van der Waals surface area contributed by atoms with E-state index >= 15 is 0 Å². The van der Waals surface area contributed by atoms with E-state index < -0.39 is 0 Å². The maximum absolute atomic E-state index is 12.6. The topological polar surface area (TPSA) is 128 Å². The van der Waals surface area contributed by atoms with Crippen LogP contribution in [0.5, 0.6) is 0 Å². The van der Waals surface area contributed by atoms with Gasteiger partial charge in [-0.2, -0.15) is 0 Å². The second-order valence-corrected chi connectivity index (χ2v) is 13.1. The molecule has 0 aromatic rings. The van der Waals surface area contributed by atoms with Gasteiger partial charge in [0.25, 0.3) is 0 Å². The van der Waals surface area contributed by atoms with Crippen LogP contribution < -0.4 is 5.32 Å². The highest BCUT2D eigenvalue weighted by Crippen LogP contribution is 2.12. The third-order valence-corrected chi connectivity index (χ3v) is 8.02. The van der Waals surface area contributed by atoms with E-state index in [0.29, 0.717) is 51.7 Å². The molecule has 0 rings (SSSR count). The lowest BCUT2D eigenvalue weighted by Gasteiger charge is -2.23. The van der Waals surface area contributed by atoms with Crippen molar-refractivity contribution in [3.8, 4) is 0 Å². The van der Waals surface area contributed by atoms with E-state index in [1.807, 2.05) is 0 Å². The lowest BCUT2D eigenvalue weighted by molar-refractivity contribution is -0.139. The third-order valence-electron chi connectivity index (χ3n) is 8.02. The molecule has 0 radical (unpaired) electrons. The van der Waals surface area contributed by atoms with Crippen molar-refractivity contribution in [2.45, 2.75) is 137 Å². The van der Waals surface area contributed by atoms with Crippen LogP contribution >= 0.6 is 0 Å². The number of rotatable bonds is 34. The van der Waals surface area contributed by atoms with Gasteiger partial charge in [-0.15, -0.1) is 0 Å². The van der Waals surface area contributed by atoms with Crippen LogP contribution in [0.15, 0.2) is 0 Å². The molecule has 0 aliphatic rings. The van der Waals surface area contributed by atoms with Crippen molar-refractivity contribution in [1.29, 1.82) is 0 Å². The first kappa shape index (κ1) is 44.8. The summed E-state index contributed by atoms with van der Waals surface area (Å²) in [7, 11) is 0. The molecule has 10 heteroatoms. The Bertz CT molecular complexity index is 824. The number of nitrogens with one attached hydrogen (secondary N) is 1. The SMILES string of the molecule is CCCCCCCCCCCCCC(=O)CCCOCCOCCOCCC(=O)NCCC(=O)N(CC(=O)C(C)C)CC(=O)C(C)C.